The molecular formula is C26H31FN6O. The molecule has 2 aliphatic rings. The predicted octanol–water partition coefficient (Wildman–Crippen LogP) is 3.31. The van der Waals surface area contributed by atoms with Crippen LogP contribution in [-0.2, 0) is 12.8 Å². The van der Waals surface area contributed by atoms with Gasteiger partial charge in [-0.15, -0.1) is 0 Å². The van der Waals surface area contributed by atoms with Crippen molar-refractivity contribution in [3.63, 3.8) is 0 Å². The van der Waals surface area contributed by atoms with E-state index in [-0.39, 0.29) is 23.8 Å². The number of halogens is 1. The number of likely N-dealkylation sites (N-methyl/N-ethyl adjacent to an activating group) is 1. The first kappa shape index (κ1) is 22.6. The summed E-state index contributed by atoms with van der Waals surface area (Å²) in [6.45, 7) is 3.32. The number of nitrogens with zero attached hydrogens (tertiary/aromatic N) is 3. The maximum Gasteiger partial charge on any atom is 0.320 e. The smallest absolute Gasteiger partial charge is 0.320 e. The van der Waals surface area contributed by atoms with E-state index in [4.69, 9.17) is 5.10 Å². The van der Waals surface area contributed by atoms with E-state index in [1.165, 1.54) is 12.1 Å². The fourth-order valence-electron chi connectivity index (χ4n) is 5.12. The molecule has 7 nitrogen and oxygen atoms in total. The molecule has 2 atom stereocenters. The summed E-state index contributed by atoms with van der Waals surface area (Å²) in [6.07, 6.45) is 2.90. The number of para-hydroxylation sites is 1. The van der Waals surface area contributed by atoms with Crippen molar-refractivity contribution >= 4 is 11.8 Å². The molecule has 2 heterocycles. The lowest BCUT2D eigenvalue weighted by molar-refractivity contribution is 0.247. The first-order chi connectivity index (χ1) is 16.6. The van der Waals surface area contributed by atoms with E-state index in [0.29, 0.717) is 0 Å². The van der Waals surface area contributed by atoms with Gasteiger partial charge in [0.25, 0.3) is 0 Å². The molecule has 8 heteroatoms. The first-order valence-corrected chi connectivity index (χ1v) is 12.0. The number of carbonyl (C=O) groups excluding carboxylic acids is 1. The fourth-order valence-corrected chi connectivity index (χ4v) is 5.12. The Bertz CT molecular complexity index is 1130. The number of fused-ring (bicyclic) bond motifs is 1. The highest BCUT2D eigenvalue weighted by Crippen LogP contribution is 2.32. The van der Waals surface area contributed by atoms with Gasteiger partial charge in [-0.05, 0) is 56.1 Å². The molecule has 178 valence electrons. The Kier molecular flexibility index (Phi) is 6.60. The second kappa shape index (κ2) is 9.95. The second-order valence-electron chi connectivity index (χ2n) is 9.10. The number of amides is 2. The number of benzene rings is 2. The van der Waals surface area contributed by atoms with Crippen molar-refractivity contribution in [3.8, 4) is 5.69 Å². The van der Waals surface area contributed by atoms with Crippen LogP contribution in [0.4, 0.5) is 15.0 Å². The highest BCUT2D eigenvalue weighted by molar-refractivity contribution is 5.90. The molecule has 2 amide bonds. The van der Waals surface area contributed by atoms with Crippen molar-refractivity contribution in [2.75, 3.05) is 38.5 Å². The van der Waals surface area contributed by atoms with E-state index < -0.39 is 0 Å². The van der Waals surface area contributed by atoms with Gasteiger partial charge >= 0.3 is 6.03 Å². The zero-order valence-electron chi connectivity index (χ0n) is 19.4. The zero-order valence-corrected chi connectivity index (χ0v) is 19.4. The third-order valence-electron chi connectivity index (χ3n) is 6.83. The lowest BCUT2D eigenvalue weighted by Gasteiger charge is -2.21. The SMILES string of the molecule is CNCCN1C[C@H](NC(=O)Nc2c3c(nn2-c2ccccc2)CCC3)[C@@H](c2ccc(F)cc2)C1. The van der Waals surface area contributed by atoms with Crippen LogP contribution < -0.4 is 16.0 Å². The van der Waals surface area contributed by atoms with Gasteiger partial charge in [-0.1, -0.05) is 30.3 Å². The predicted molar refractivity (Wildman–Crippen MR) is 131 cm³/mol. The van der Waals surface area contributed by atoms with Gasteiger partial charge in [-0.3, -0.25) is 10.2 Å². The van der Waals surface area contributed by atoms with Crippen molar-refractivity contribution in [2.24, 2.45) is 0 Å². The van der Waals surface area contributed by atoms with Crippen LogP contribution in [0.1, 0.15) is 29.2 Å². The highest BCUT2D eigenvalue weighted by Gasteiger charge is 2.35. The number of rotatable bonds is 7. The summed E-state index contributed by atoms with van der Waals surface area (Å²) in [6, 6.07) is 16.2. The standard InChI is InChI=1S/C26H31FN6O/c1-28-14-15-32-16-22(18-10-12-19(27)13-11-18)24(17-32)29-26(34)30-25-21-8-5-9-23(21)31-33(25)20-6-3-2-4-7-20/h2-4,6-7,10-13,22,24,28H,5,8-9,14-17H2,1H3,(H2,29,30,34)/t22-,24+/m1/s1. The van der Waals surface area contributed by atoms with Crippen LogP contribution in [0.15, 0.2) is 54.6 Å². The Morgan fingerprint density at radius 2 is 1.88 bits per heavy atom. The van der Waals surface area contributed by atoms with Crippen molar-refractivity contribution in [2.45, 2.75) is 31.2 Å². The van der Waals surface area contributed by atoms with Crippen LogP contribution in [-0.4, -0.2) is 60.0 Å². The Balaban J connectivity index is 1.35. The Hall–Kier alpha value is -3.23. The van der Waals surface area contributed by atoms with E-state index >= 15 is 0 Å². The summed E-state index contributed by atoms with van der Waals surface area (Å²) in [5.41, 5.74) is 4.14. The van der Waals surface area contributed by atoms with Gasteiger partial charge in [0.05, 0.1) is 17.4 Å². The van der Waals surface area contributed by atoms with Crippen LogP contribution >= 0.6 is 0 Å². The van der Waals surface area contributed by atoms with E-state index in [9.17, 15) is 9.18 Å². The van der Waals surface area contributed by atoms with Gasteiger partial charge in [0.15, 0.2) is 0 Å². The maximum absolute atomic E-state index is 13.5. The number of nitrogens with one attached hydrogen (secondary N) is 3. The molecule has 0 saturated carbocycles. The summed E-state index contributed by atoms with van der Waals surface area (Å²) in [4.78, 5) is 15.6. The molecule has 34 heavy (non-hydrogen) atoms. The molecule has 1 aliphatic heterocycles. The lowest BCUT2D eigenvalue weighted by Crippen LogP contribution is -2.42. The molecule has 1 saturated heterocycles. The lowest BCUT2D eigenvalue weighted by atomic mass is 9.94. The molecule has 2 aromatic carbocycles. The van der Waals surface area contributed by atoms with Crippen molar-refractivity contribution in [1.29, 1.82) is 0 Å². The van der Waals surface area contributed by atoms with Crippen LogP contribution in [0.25, 0.3) is 5.69 Å². The van der Waals surface area contributed by atoms with Gasteiger partial charge in [-0.2, -0.15) is 5.10 Å². The third-order valence-corrected chi connectivity index (χ3v) is 6.83. The van der Waals surface area contributed by atoms with Gasteiger partial charge < -0.3 is 10.6 Å². The number of anilines is 1. The van der Waals surface area contributed by atoms with Gasteiger partial charge in [-0.25, -0.2) is 13.9 Å². The Labute approximate surface area is 199 Å². The molecule has 3 N–H and O–H groups in total. The molecule has 0 unspecified atom stereocenters. The van der Waals surface area contributed by atoms with Gasteiger partial charge in [0.1, 0.15) is 11.6 Å². The minimum atomic E-state index is -0.251. The minimum absolute atomic E-state index is 0.0801. The maximum atomic E-state index is 13.5. The first-order valence-electron chi connectivity index (χ1n) is 12.0. The Morgan fingerprint density at radius 3 is 2.65 bits per heavy atom. The average molecular weight is 463 g/mol. The molecule has 0 radical (unpaired) electrons. The summed E-state index contributed by atoms with van der Waals surface area (Å²) < 4.78 is 15.4. The number of hydrogen-bond acceptors (Lipinski definition) is 4. The zero-order chi connectivity index (χ0) is 23.5. The minimum Gasteiger partial charge on any atom is -0.333 e. The number of hydrogen-bond donors (Lipinski definition) is 3. The molecule has 0 bridgehead atoms. The van der Waals surface area contributed by atoms with Crippen LogP contribution in [0.5, 0.6) is 0 Å². The summed E-state index contributed by atoms with van der Waals surface area (Å²) >= 11 is 0. The van der Waals surface area contributed by atoms with Crippen LogP contribution in [0.3, 0.4) is 0 Å². The number of urea groups is 1. The van der Waals surface area contributed by atoms with Crippen molar-refractivity contribution in [1.82, 2.24) is 25.3 Å². The third kappa shape index (κ3) is 4.69. The highest BCUT2D eigenvalue weighted by atomic mass is 19.1. The molecule has 1 aliphatic carbocycles. The number of aryl methyl sites for hydroxylation is 1. The fraction of sp³-hybridized carbons (Fsp3) is 0.385. The summed E-state index contributed by atoms with van der Waals surface area (Å²) in [5, 5.41) is 14.3. The van der Waals surface area contributed by atoms with Crippen molar-refractivity contribution < 1.29 is 9.18 Å². The number of aromatic nitrogens is 2. The van der Waals surface area contributed by atoms with E-state index in [1.54, 1.807) is 0 Å². The van der Waals surface area contributed by atoms with E-state index in [0.717, 1.165) is 73.8 Å². The van der Waals surface area contributed by atoms with Gasteiger partial charge in [0, 0.05) is 37.7 Å². The topological polar surface area (TPSA) is 74.2 Å². The summed E-state index contributed by atoms with van der Waals surface area (Å²) in [7, 11) is 1.94. The second-order valence-corrected chi connectivity index (χ2v) is 9.10. The van der Waals surface area contributed by atoms with Crippen molar-refractivity contribution in [3.05, 3.63) is 77.2 Å². The molecule has 1 fully saturated rings. The largest absolute Gasteiger partial charge is 0.333 e. The number of likely N-dealkylation sites (tertiary alicyclic amines) is 1. The average Bonchev–Trinajstić information content (AvgIpc) is 3.55. The number of carbonyl (C=O) groups is 1. The molecule has 3 aromatic rings. The van der Waals surface area contributed by atoms with Crippen LogP contribution in [0, 0.1) is 5.82 Å². The normalized spacial score (nSPS) is 19.8. The quantitative estimate of drug-likeness (QED) is 0.504. The summed E-state index contributed by atoms with van der Waals surface area (Å²) in [5.74, 6) is 0.589. The molecule has 5 rings (SSSR count). The van der Waals surface area contributed by atoms with Gasteiger partial charge in [0.2, 0.25) is 0 Å². The van der Waals surface area contributed by atoms with E-state index in [1.807, 2.05) is 54.2 Å². The molecule has 1 aromatic heterocycles. The van der Waals surface area contributed by atoms with E-state index in [2.05, 4.69) is 20.9 Å². The monoisotopic (exact) mass is 462 g/mol. The van der Waals surface area contributed by atoms with Crippen LogP contribution in [0.2, 0.25) is 0 Å². The Morgan fingerprint density at radius 1 is 1.09 bits per heavy atom. The molecule has 0 spiro atoms. The molecular weight excluding hydrogens is 431 g/mol.